The van der Waals surface area contributed by atoms with Crippen molar-refractivity contribution in [3.8, 4) is 0 Å². The van der Waals surface area contributed by atoms with Crippen molar-refractivity contribution in [2.75, 3.05) is 11.9 Å². The van der Waals surface area contributed by atoms with E-state index in [2.05, 4.69) is 42.4 Å². The molecule has 0 amide bonds. The molecule has 98 valence electrons. The number of aromatic nitrogens is 2. The summed E-state index contributed by atoms with van der Waals surface area (Å²) >= 11 is 1.48. The van der Waals surface area contributed by atoms with Crippen LogP contribution in [0, 0.1) is 5.92 Å². The molecule has 0 saturated heterocycles. The highest BCUT2D eigenvalue weighted by atomic mass is 32.1. The quantitative estimate of drug-likeness (QED) is 0.753. The Kier molecular flexibility index (Phi) is 6.48. The normalized spacial score (nSPS) is 13.0. The van der Waals surface area contributed by atoms with Gasteiger partial charge in [-0.1, -0.05) is 47.0 Å². The second kappa shape index (κ2) is 7.64. The van der Waals surface area contributed by atoms with Gasteiger partial charge >= 0.3 is 0 Å². The molecule has 0 aliphatic carbocycles. The van der Waals surface area contributed by atoms with E-state index in [1.807, 2.05) is 0 Å². The topological polar surface area (TPSA) is 37.8 Å². The van der Waals surface area contributed by atoms with Gasteiger partial charge in [-0.3, -0.25) is 0 Å². The number of nitrogens with one attached hydrogen (secondary N) is 1. The van der Waals surface area contributed by atoms with E-state index in [4.69, 9.17) is 0 Å². The Morgan fingerprint density at radius 1 is 1.29 bits per heavy atom. The minimum absolute atomic E-state index is 0.420. The summed E-state index contributed by atoms with van der Waals surface area (Å²) < 4.78 is 4.35. The van der Waals surface area contributed by atoms with Crippen LogP contribution in [0.2, 0.25) is 0 Å². The first-order valence-electron chi connectivity index (χ1n) is 6.74. The van der Waals surface area contributed by atoms with Crippen LogP contribution >= 0.6 is 11.5 Å². The van der Waals surface area contributed by atoms with Gasteiger partial charge in [0.1, 0.15) is 5.82 Å². The maximum Gasteiger partial charge on any atom is 0.202 e. The molecule has 4 heteroatoms. The summed E-state index contributed by atoms with van der Waals surface area (Å²) in [5.41, 5.74) is 0. The van der Waals surface area contributed by atoms with E-state index < -0.39 is 0 Å². The Morgan fingerprint density at radius 2 is 2.06 bits per heavy atom. The molecule has 1 atom stereocenters. The predicted molar refractivity (Wildman–Crippen MR) is 75.8 cm³/mol. The zero-order valence-corrected chi connectivity index (χ0v) is 12.3. The lowest BCUT2D eigenvalue weighted by Gasteiger charge is -2.14. The van der Waals surface area contributed by atoms with Crippen molar-refractivity contribution >= 4 is 16.7 Å². The average Bonchev–Trinajstić information content (AvgIpc) is 2.78. The third-order valence-corrected chi connectivity index (χ3v) is 3.73. The molecule has 0 bridgehead atoms. The first kappa shape index (κ1) is 14.4. The van der Waals surface area contributed by atoms with Crippen LogP contribution in [-0.2, 0) is 0 Å². The molecule has 1 N–H and O–H groups in total. The van der Waals surface area contributed by atoms with Crippen LogP contribution in [0.15, 0.2) is 0 Å². The summed E-state index contributed by atoms with van der Waals surface area (Å²) in [5.74, 6) is 2.14. The Bertz CT molecular complexity index is 309. The van der Waals surface area contributed by atoms with E-state index >= 15 is 0 Å². The second-order valence-electron chi connectivity index (χ2n) is 4.91. The van der Waals surface area contributed by atoms with Crippen molar-refractivity contribution < 1.29 is 0 Å². The van der Waals surface area contributed by atoms with E-state index in [1.165, 1.54) is 37.2 Å². The SMILES string of the molecule is CCCCC(CC)CNc1nc(C(C)C)ns1. The second-order valence-corrected chi connectivity index (χ2v) is 5.66. The van der Waals surface area contributed by atoms with Crippen molar-refractivity contribution in [2.24, 2.45) is 5.92 Å². The largest absolute Gasteiger partial charge is 0.360 e. The Morgan fingerprint density at radius 3 is 2.59 bits per heavy atom. The number of rotatable bonds is 8. The van der Waals surface area contributed by atoms with Crippen LogP contribution in [0.4, 0.5) is 5.13 Å². The molecular weight excluding hydrogens is 230 g/mol. The molecular formula is C13H25N3S. The summed E-state index contributed by atoms with van der Waals surface area (Å²) in [4.78, 5) is 4.49. The van der Waals surface area contributed by atoms with Crippen molar-refractivity contribution in [3.05, 3.63) is 5.82 Å². The Balaban J connectivity index is 2.37. The van der Waals surface area contributed by atoms with Gasteiger partial charge in [-0.25, -0.2) is 4.98 Å². The molecule has 0 saturated carbocycles. The van der Waals surface area contributed by atoms with E-state index in [-0.39, 0.29) is 0 Å². The van der Waals surface area contributed by atoms with Crippen LogP contribution in [0.5, 0.6) is 0 Å². The zero-order valence-electron chi connectivity index (χ0n) is 11.5. The lowest BCUT2D eigenvalue weighted by atomic mass is 10.00. The van der Waals surface area contributed by atoms with Crippen LogP contribution in [0.3, 0.4) is 0 Å². The molecule has 1 unspecified atom stereocenters. The number of hydrogen-bond donors (Lipinski definition) is 1. The summed E-state index contributed by atoms with van der Waals surface area (Å²) in [5, 5.41) is 4.40. The lowest BCUT2D eigenvalue weighted by Crippen LogP contribution is -2.13. The van der Waals surface area contributed by atoms with Gasteiger partial charge in [0.15, 0.2) is 0 Å². The molecule has 0 aliphatic heterocycles. The number of unbranched alkanes of at least 4 members (excludes halogenated alkanes) is 1. The minimum atomic E-state index is 0.420. The van der Waals surface area contributed by atoms with Gasteiger partial charge in [0.2, 0.25) is 5.13 Å². The first-order chi connectivity index (χ1) is 8.17. The van der Waals surface area contributed by atoms with Crippen LogP contribution in [-0.4, -0.2) is 15.9 Å². The van der Waals surface area contributed by atoms with E-state index in [0.717, 1.165) is 23.4 Å². The molecule has 0 aliphatic rings. The van der Waals surface area contributed by atoms with Gasteiger partial charge in [0.25, 0.3) is 0 Å². The zero-order chi connectivity index (χ0) is 12.7. The molecule has 17 heavy (non-hydrogen) atoms. The molecule has 3 nitrogen and oxygen atoms in total. The predicted octanol–water partition coefficient (Wildman–Crippen LogP) is 4.29. The average molecular weight is 255 g/mol. The Labute approximate surface area is 109 Å². The Hall–Kier alpha value is -0.640. The first-order valence-corrected chi connectivity index (χ1v) is 7.52. The van der Waals surface area contributed by atoms with Crippen molar-refractivity contribution in [3.63, 3.8) is 0 Å². The van der Waals surface area contributed by atoms with E-state index in [9.17, 15) is 0 Å². The molecule has 0 radical (unpaired) electrons. The molecule has 0 spiro atoms. The molecule has 1 heterocycles. The fourth-order valence-electron chi connectivity index (χ4n) is 1.72. The smallest absolute Gasteiger partial charge is 0.202 e. The molecule has 1 aromatic heterocycles. The summed E-state index contributed by atoms with van der Waals surface area (Å²) in [6.45, 7) is 9.80. The van der Waals surface area contributed by atoms with Gasteiger partial charge in [-0.05, 0) is 12.3 Å². The van der Waals surface area contributed by atoms with Crippen LogP contribution in [0.1, 0.15) is 65.1 Å². The van der Waals surface area contributed by atoms with Gasteiger partial charge in [0, 0.05) is 24.0 Å². The van der Waals surface area contributed by atoms with Crippen molar-refractivity contribution in [1.82, 2.24) is 9.36 Å². The summed E-state index contributed by atoms with van der Waals surface area (Å²) in [6, 6.07) is 0. The lowest BCUT2D eigenvalue weighted by molar-refractivity contribution is 0.472. The molecule has 1 aromatic rings. The standard InChI is InChI=1S/C13H25N3S/c1-5-7-8-11(6-2)9-14-13-15-12(10(3)4)16-17-13/h10-11H,5-9H2,1-4H3,(H,14,15,16). The fourth-order valence-corrected chi connectivity index (χ4v) is 2.43. The van der Waals surface area contributed by atoms with Gasteiger partial charge in [0.05, 0.1) is 0 Å². The third kappa shape index (κ3) is 5.02. The van der Waals surface area contributed by atoms with Gasteiger partial charge in [-0.2, -0.15) is 4.37 Å². The maximum atomic E-state index is 4.49. The fraction of sp³-hybridized carbons (Fsp3) is 0.846. The van der Waals surface area contributed by atoms with Crippen molar-refractivity contribution in [1.29, 1.82) is 0 Å². The number of nitrogens with zero attached hydrogens (tertiary/aromatic N) is 2. The minimum Gasteiger partial charge on any atom is -0.360 e. The van der Waals surface area contributed by atoms with E-state index in [1.54, 1.807) is 0 Å². The van der Waals surface area contributed by atoms with E-state index in [0.29, 0.717) is 5.92 Å². The van der Waals surface area contributed by atoms with Crippen LogP contribution < -0.4 is 5.32 Å². The molecule has 0 aromatic carbocycles. The summed E-state index contributed by atoms with van der Waals surface area (Å²) in [6.07, 6.45) is 5.17. The third-order valence-electron chi connectivity index (χ3n) is 3.04. The number of hydrogen-bond acceptors (Lipinski definition) is 4. The van der Waals surface area contributed by atoms with Gasteiger partial charge in [-0.15, -0.1) is 0 Å². The highest BCUT2D eigenvalue weighted by Gasteiger charge is 2.09. The van der Waals surface area contributed by atoms with Crippen molar-refractivity contribution in [2.45, 2.75) is 59.3 Å². The highest BCUT2D eigenvalue weighted by Crippen LogP contribution is 2.19. The highest BCUT2D eigenvalue weighted by molar-refractivity contribution is 7.09. The van der Waals surface area contributed by atoms with Crippen LogP contribution in [0.25, 0.3) is 0 Å². The molecule has 1 rings (SSSR count). The maximum absolute atomic E-state index is 4.49. The van der Waals surface area contributed by atoms with Gasteiger partial charge < -0.3 is 5.32 Å². The monoisotopic (exact) mass is 255 g/mol. The molecule has 0 fully saturated rings. The number of anilines is 1. The summed E-state index contributed by atoms with van der Waals surface area (Å²) in [7, 11) is 0.